The highest BCUT2D eigenvalue weighted by atomic mass is 16.7. The zero-order valence-electron chi connectivity index (χ0n) is 15.3. The predicted molar refractivity (Wildman–Crippen MR) is 89.3 cm³/mol. The molecule has 0 bridgehead atoms. The Hall–Kier alpha value is -3.46. The van der Waals surface area contributed by atoms with Gasteiger partial charge in [-0.1, -0.05) is 0 Å². The van der Waals surface area contributed by atoms with Crippen molar-refractivity contribution in [3.63, 3.8) is 0 Å². The van der Waals surface area contributed by atoms with Gasteiger partial charge in [-0.05, 0) is 0 Å². The van der Waals surface area contributed by atoms with Crippen molar-refractivity contribution in [2.75, 3.05) is 12.3 Å². The highest BCUT2D eigenvalue weighted by molar-refractivity contribution is 5.68. The Labute approximate surface area is 158 Å². The molecule has 0 amide bonds. The van der Waals surface area contributed by atoms with E-state index < -0.39 is 48.1 Å². The normalized spacial score (nSPS) is 23.5. The van der Waals surface area contributed by atoms with Crippen molar-refractivity contribution < 1.29 is 33.3 Å². The van der Waals surface area contributed by atoms with Crippen molar-refractivity contribution in [3.8, 4) is 6.07 Å². The number of nitrogens with zero attached hydrogens (tertiary/aromatic N) is 3. The maximum Gasteiger partial charge on any atom is 0.351 e. The van der Waals surface area contributed by atoms with Gasteiger partial charge in [0, 0.05) is 27.0 Å². The minimum atomic E-state index is -1.30. The van der Waals surface area contributed by atoms with Gasteiger partial charge in [0.05, 0.1) is 0 Å². The molecular formula is C16H18N4O8. The summed E-state index contributed by atoms with van der Waals surface area (Å²) in [5.74, 6) is -2.34. The molecule has 1 fully saturated rings. The number of nitrogens with two attached hydrogens (primary N) is 1. The van der Waals surface area contributed by atoms with Crippen molar-refractivity contribution >= 4 is 23.7 Å². The molecule has 0 aliphatic carbocycles. The fourth-order valence-corrected chi connectivity index (χ4v) is 2.67. The van der Waals surface area contributed by atoms with Gasteiger partial charge in [0.1, 0.15) is 30.2 Å². The summed E-state index contributed by atoms with van der Waals surface area (Å²) in [7, 11) is 0. The van der Waals surface area contributed by atoms with Crippen molar-refractivity contribution in [1.82, 2.24) is 9.55 Å². The molecule has 12 heteroatoms. The van der Waals surface area contributed by atoms with Gasteiger partial charge in [-0.2, -0.15) is 10.2 Å². The molecule has 2 rings (SSSR count). The molecule has 0 spiro atoms. The topological polar surface area (TPSA) is 173 Å². The van der Waals surface area contributed by atoms with E-state index in [1.54, 1.807) is 6.07 Å². The molecular weight excluding hydrogens is 376 g/mol. The quantitative estimate of drug-likeness (QED) is 0.480. The van der Waals surface area contributed by atoms with Crippen LogP contribution in [0.5, 0.6) is 0 Å². The second-order valence-electron chi connectivity index (χ2n) is 5.86. The lowest BCUT2D eigenvalue weighted by molar-refractivity contribution is -0.166. The van der Waals surface area contributed by atoms with Gasteiger partial charge >= 0.3 is 23.6 Å². The predicted octanol–water partition coefficient (Wildman–Crippen LogP) is -0.979. The average molecular weight is 394 g/mol. The smallest absolute Gasteiger partial charge is 0.351 e. The maximum atomic E-state index is 12.3. The van der Waals surface area contributed by atoms with Crippen LogP contribution in [0.4, 0.5) is 5.82 Å². The summed E-state index contributed by atoms with van der Waals surface area (Å²) in [5, 5.41) is 9.12. The Balaban J connectivity index is 2.50. The average Bonchev–Trinajstić information content (AvgIpc) is 2.89. The van der Waals surface area contributed by atoms with Crippen molar-refractivity contribution in [2.24, 2.45) is 0 Å². The monoisotopic (exact) mass is 394 g/mol. The fourth-order valence-electron chi connectivity index (χ4n) is 2.67. The van der Waals surface area contributed by atoms with E-state index in [4.69, 9.17) is 29.9 Å². The first-order valence-electron chi connectivity index (χ1n) is 8.06. The Morgan fingerprint density at radius 2 is 1.82 bits per heavy atom. The number of carbonyl (C=O) groups is 3. The third-order valence-corrected chi connectivity index (χ3v) is 3.72. The number of rotatable bonds is 5. The van der Waals surface area contributed by atoms with Crippen LogP contribution in [0.1, 0.15) is 32.6 Å². The second kappa shape index (κ2) is 8.49. The third-order valence-electron chi connectivity index (χ3n) is 3.72. The first-order chi connectivity index (χ1) is 13.1. The maximum absolute atomic E-state index is 12.3. The lowest BCUT2D eigenvalue weighted by atomic mass is 10.1. The van der Waals surface area contributed by atoms with Crippen LogP contribution in [0.15, 0.2) is 11.0 Å². The van der Waals surface area contributed by atoms with Gasteiger partial charge in [0.25, 0.3) is 0 Å². The first kappa shape index (κ1) is 20.8. The number of carbonyl (C=O) groups excluding carboxylic acids is 3. The number of hydrogen-bond donors (Lipinski definition) is 1. The largest absolute Gasteiger partial charge is 0.463 e. The molecule has 150 valence electrons. The van der Waals surface area contributed by atoms with Gasteiger partial charge in [-0.3, -0.25) is 19.0 Å². The highest BCUT2D eigenvalue weighted by Gasteiger charge is 2.51. The van der Waals surface area contributed by atoms with Crippen LogP contribution in [0.25, 0.3) is 0 Å². The van der Waals surface area contributed by atoms with Gasteiger partial charge in [0.2, 0.25) is 0 Å². The van der Waals surface area contributed by atoms with E-state index in [2.05, 4.69) is 4.98 Å². The number of aromatic nitrogens is 2. The summed E-state index contributed by atoms with van der Waals surface area (Å²) in [6.45, 7) is 3.09. The van der Waals surface area contributed by atoms with Gasteiger partial charge in [-0.15, -0.1) is 0 Å². The van der Waals surface area contributed by atoms with E-state index in [0.29, 0.717) is 0 Å². The summed E-state index contributed by atoms with van der Waals surface area (Å²) >= 11 is 0. The van der Waals surface area contributed by atoms with Gasteiger partial charge in [0.15, 0.2) is 18.4 Å². The molecule has 12 nitrogen and oxygen atoms in total. The number of nitriles is 1. The lowest BCUT2D eigenvalue weighted by Crippen LogP contribution is -2.42. The van der Waals surface area contributed by atoms with E-state index in [1.807, 2.05) is 0 Å². The van der Waals surface area contributed by atoms with Crippen LogP contribution >= 0.6 is 0 Å². The van der Waals surface area contributed by atoms with E-state index in [0.717, 1.165) is 24.6 Å². The number of anilines is 1. The number of ether oxygens (including phenoxy) is 4. The van der Waals surface area contributed by atoms with E-state index in [9.17, 15) is 19.2 Å². The SMILES string of the molecule is CC(=O)OC[C@H]1O[C@@H](n2cc(C#N)c(N)nc2=O)[C@H](OC(C)=O)[C@H]1OC(C)=O. The van der Waals surface area contributed by atoms with E-state index >= 15 is 0 Å². The van der Waals surface area contributed by atoms with Crippen molar-refractivity contribution in [1.29, 1.82) is 5.26 Å². The summed E-state index contributed by atoms with van der Waals surface area (Å²) in [6.07, 6.45) is -3.71. The zero-order chi connectivity index (χ0) is 21.0. The third kappa shape index (κ3) is 4.63. The Morgan fingerprint density at radius 1 is 1.21 bits per heavy atom. The summed E-state index contributed by atoms with van der Waals surface area (Å²) in [4.78, 5) is 50.0. The summed E-state index contributed by atoms with van der Waals surface area (Å²) in [6, 6.07) is 1.77. The van der Waals surface area contributed by atoms with Crippen LogP contribution in [-0.4, -0.2) is 52.4 Å². The molecule has 1 aromatic rings. The molecule has 1 aliphatic heterocycles. The molecule has 0 unspecified atom stereocenters. The molecule has 0 radical (unpaired) electrons. The Kier molecular flexibility index (Phi) is 6.32. The van der Waals surface area contributed by atoms with Crippen LogP contribution in [0.3, 0.4) is 0 Å². The first-order valence-corrected chi connectivity index (χ1v) is 8.06. The fraction of sp³-hybridized carbons (Fsp3) is 0.500. The van der Waals surface area contributed by atoms with Crippen molar-refractivity contribution in [3.05, 3.63) is 22.2 Å². The zero-order valence-corrected chi connectivity index (χ0v) is 15.3. The lowest BCUT2D eigenvalue weighted by Gasteiger charge is -2.24. The van der Waals surface area contributed by atoms with Gasteiger partial charge < -0.3 is 24.7 Å². The van der Waals surface area contributed by atoms with Crippen LogP contribution in [-0.2, 0) is 33.3 Å². The second-order valence-corrected chi connectivity index (χ2v) is 5.86. The molecule has 2 heterocycles. The number of esters is 3. The molecule has 0 aromatic carbocycles. The van der Waals surface area contributed by atoms with Crippen LogP contribution < -0.4 is 11.4 Å². The molecule has 28 heavy (non-hydrogen) atoms. The van der Waals surface area contributed by atoms with Crippen LogP contribution in [0, 0.1) is 11.3 Å². The molecule has 1 aromatic heterocycles. The molecule has 1 saturated heterocycles. The molecule has 4 atom stereocenters. The molecule has 0 saturated carbocycles. The van der Waals surface area contributed by atoms with E-state index in [1.165, 1.54) is 6.92 Å². The summed E-state index contributed by atoms with van der Waals surface area (Å²) in [5.41, 5.74) is 4.52. The van der Waals surface area contributed by atoms with Gasteiger partial charge in [-0.25, -0.2) is 4.79 Å². The molecule has 1 aliphatic rings. The van der Waals surface area contributed by atoms with E-state index in [-0.39, 0.29) is 18.0 Å². The Bertz CT molecular complexity index is 890. The molecule has 2 N–H and O–H groups in total. The standard InChI is InChI=1S/C16H18N4O8/c1-7(21)25-6-11-12(26-8(2)22)13(27-9(3)23)15(28-11)20-5-10(4-17)14(18)19-16(20)24/h5,11-13,15H,6H2,1-3H3,(H2,18,19,24)/t11-,12+,13-,15-/m1/s1. The van der Waals surface area contributed by atoms with Crippen LogP contribution in [0.2, 0.25) is 0 Å². The highest BCUT2D eigenvalue weighted by Crippen LogP contribution is 2.34. The number of hydrogen-bond acceptors (Lipinski definition) is 11. The Morgan fingerprint density at radius 3 is 2.36 bits per heavy atom. The summed E-state index contributed by atoms with van der Waals surface area (Å²) < 4.78 is 21.9. The number of nitrogen functional groups attached to an aromatic ring is 1. The minimum Gasteiger partial charge on any atom is -0.463 e. The minimum absolute atomic E-state index is 0.114. The van der Waals surface area contributed by atoms with Crippen molar-refractivity contribution in [2.45, 2.75) is 45.3 Å².